The zero-order chi connectivity index (χ0) is 6.97. The third-order valence-electron chi connectivity index (χ3n) is 1.30. The molecule has 0 aliphatic rings. The van der Waals surface area contributed by atoms with Crippen molar-refractivity contribution >= 4 is 11.9 Å². The van der Waals surface area contributed by atoms with Crippen molar-refractivity contribution in [2.75, 3.05) is 0 Å². The molecule has 0 spiro atoms. The second-order valence-electron chi connectivity index (χ2n) is 1.89. The van der Waals surface area contributed by atoms with Crippen LogP contribution in [0.15, 0.2) is 23.0 Å². The Kier molecular flexibility index (Phi) is 0.887. The highest BCUT2D eigenvalue weighted by atomic mass is 16.5. The largest absolute Gasteiger partial charge is 0.381 e. The van der Waals surface area contributed by atoms with Gasteiger partial charge in [-0.05, 0) is 0 Å². The van der Waals surface area contributed by atoms with E-state index in [9.17, 15) is 0 Å². The van der Waals surface area contributed by atoms with Gasteiger partial charge in [0.2, 0.25) is 0 Å². The quantitative estimate of drug-likeness (QED) is 0.591. The standard InChI is InChI=1S/C6H5N3O/c7-3-5-4-8-6-1-2-10-9(5)6/h1-4,7H. The molecule has 2 aromatic rings. The Hall–Kier alpha value is -1.58. The van der Waals surface area contributed by atoms with E-state index in [0.717, 1.165) is 5.65 Å². The highest BCUT2D eigenvalue weighted by Crippen LogP contribution is 2.03. The van der Waals surface area contributed by atoms with Crippen LogP contribution >= 0.6 is 0 Å². The first-order valence-corrected chi connectivity index (χ1v) is 2.84. The summed E-state index contributed by atoms with van der Waals surface area (Å²) >= 11 is 0. The number of imidazole rings is 1. The van der Waals surface area contributed by atoms with Crippen LogP contribution in [-0.4, -0.2) is 15.8 Å². The van der Waals surface area contributed by atoms with Crippen molar-refractivity contribution in [3.05, 3.63) is 24.2 Å². The second-order valence-corrected chi connectivity index (χ2v) is 1.89. The number of rotatable bonds is 1. The Labute approximate surface area is 56.6 Å². The summed E-state index contributed by atoms with van der Waals surface area (Å²) in [6.07, 6.45) is 4.32. The van der Waals surface area contributed by atoms with E-state index in [2.05, 4.69) is 4.98 Å². The topological polar surface area (TPSA) is 54.3 Å². The fraction of sp³-hybridized carbons (Fsp3) is 0. The van der Waals surface area contributed by atoms with Gasteiger partial charge in [0.1, 0.15) is 12.0 Å². The van der Waals surface area contributed by atoms with Gasteiger partial charge in [0.05, 0.1) is 6.20 Å². The molecule has 0 aliphatic carbocycles. The fourth-order valence-electron chi connectivity index (χ4n) is 0.843. The minimum absolute atomic E-state index is 0.653. The lowest BCUT2D eigenvalue weighted by Gasteiger charge is -1.82. The van der Waals surface area contributed by atoms with Crippen LogP contribution in [0, 0.1) is 5.41 Å². The van der Waals surface area contributed by atoms with E-state index in [4.69, 9.17) is 9.93 Å². The maximum atomic E-state index is 6.94. The summed E-state index contributed by atoms with van der Waals surface area (Å²) in [4.78, 5) is 3.97. The molecule has 4 nitrogen and oxygen atoms in total. The molecule has 1 N–H and O–H groups in total. The zero-order valence-electron chi connectivity index (χ0n) is 5.11. The minimum Gasteiger partial charge on any atom is -0.381 e. The Bertz CT molecular complexity index is 360. The lowest BCUT2D eigenvalue weighted by Crippen LogP contribution is -1.83. The lowest BCUT2D eigenvalue weighted by atomic mass is 10.5. The number of aromatic nitrogens is 2. The molecule has 50 valence electrons. The van der Waals surface area contributed by atoms with Crippen molar-refractivity contribution in [3.8, 4) is 0 Å². The molecule has 0 radical (unpaired) electrons. The van der Waals surface area contributed by atoms with Crippen molar-refractivity contribution in [1.82, 2.24) is 9.56 Å². The smallest absolute Gasteiger partial charge is 0.172 e. The molecule has 2 heterocycles. The first-order chi connectivity index (χ1) is 4.92. The minimum atomic E-state index is 0.653. The van der Waals surface area contributed by atoms with Crippen molar-refractivity contribution < 1.29 is 4.52 Å². The molecular formula is C6H5N3O. The summed E-state index contributed by atoms with van der Waals surface area (Å²) in [7, 11) is 0. The van der Waals surface area contributed by atoms with Gasteiger partial charge < -0.3 is 9.93 Å². The van der Waals surface area contributed by atoms with Gasteiger partial charge in [0, 0.05) is 12.3 Å². The Morgan fingerprint density at radius 1 is 1.70 bits per heavy atom. The van der Waals surface area contributed by atoms with E-state index in [1.165, 1.54) is 17.1 Å². The molecule has 2 rings (SSSR count). The number of nitrogens with one attached hydrogen (secondary N) is 1. The molecule has 0 bridgehead atoms. The average molecular weight is 135 g/mol. The zero-order valence-corrected chi connectivity index (χ0v) is 5.11. The summed E-state index contributed by atoms with van der Waals surface area (Å²) in [6.45, 7) is 0. The van der Waals surface area contributed by atoms with Crippen LogP contribution in [0.25, 0.3) is 5.65 Å². The van der Waals surface area contributed by atoms with E-state index >= 15 is 0 Å². The Balaban J connectivity index is 2.88. The summed E-state index contributed by atoms with van der Waals surface area (Å²) < 4.78 is 6.48. The number of hydrogen-bond acceptors (Lipinski definition) is 3. The number of hydrogen-bond donors (Lipinski definition) is 1. The second kappa shape index (κ2) is 1.70. The van der Waals surface area contributed by atoms with Gasteiger partial charge in [0.15, 0.2) is 5.65 Å². The number of fused-ring (bicyclic) bond motifs is 1. The van der Waals surface area contributed by atoms with Crippen molar-refractivity contribution in [2.24, 2.45) is 0 Å². The molecule has 2 aromatic heterocycles. The molecule has 0 aliphatic heterocycles. The van der Waals surface area contributed by atoms with Crippen LogP contribution in [0.3, 0.4) is 0 Å². The van der Waals surface area contributed by atoms with Gasteiger partial charge in [-0.1, -0.05) is 0 Å². The van der Waals surface area contributed by atoms with Gasteiger partial charge in [-0.25, -0.2) is 4.98 Å². The molecule has 0 atom stereocenters. The van der Waals surface area contributed by atoms with E-state index < -0.39 is 0 Å². The predicted molar refractivity (Wildman–Crippen MR) is 35.3 cm³/mol. The van der Waals surface area contributed by atoms with Crippen LogP contribution < -0.4 is 0 Å². The maximum Gasteiger partial charge on any atom is 0.172 e. The van der Waals surface area contributed by atoms with Crippen LogP contribution in [0.1, 0.15) is 5.69 Å². The summed E-state index contributed by atoms with van der Waals surface area (Å²) in [5, 5.41) is 6.94. The number of nitrogens with zero attached hydrogens (tertiary/aromatic N) is 2. The maximum absolute atomic E-state index is 6.94. The molecule has 0 unspecified atom stereocenters. The van der Waals surface area contributed by atoms with E-state index in [1.54, 1.807) is 12.3 Å². The highest BCUT2D eigenvalue weighted by Gasteiger charge is 2.00. The van der Waals surface area contributed by atoms with Gasteiger partial charge in [-0.2, -0.15) is 4.57 Å². The highest BCUT2D eigenvalue weighted by molar-refractivity contribution is 5.75. The van der Waals surface area contributed by atoms with Crippen molar-refractivity contribution in [1.29, 1.82) is 5.41 Å². The fourth-order valence-corrected chi connectivity index (χ4v) is 0.843. The summed E-state index contributed by atoms with van der Waals surface area (Å²) in [5.74, 6) is 0. The lowest BCUT2D eigenvalue weighted by molar-refractivity contribution is 0.376. The summed E-state index contributed by atoms with van der Waals surface area (Å²) in [6, 6.07) is 1.74. The van der Waals surface area contributed by atoms with Gasteiger partial charge >= 0.3 is 0 Å². The van der Waals surface area contributed by atoms with Crippen molar-refractivity contribution in [3.63, 3.8) is 0 Å². The van der Waals surface area contributed by atoms with Crippen LogP contribution in [0.2, 0.25) is 0 Å². The molecule has 0 aromatic carbocycles. The Morgan fingerprint density at radius 3 is 3.40 bits per heavy atom. The third kappa shape index (κ3) is 0.500. The van der Waals surface area contributed by atoms with Gasteiger partial charge in [0.25, 0.3) is 0 Å². The molecule has 4 heteroatoms. The summed E-state index contributed by atoms with van der Waals surface area (Å²) in [5.41, 5.74) is 1.39. The molecule has 0 amide bonds. The molecule has 0 saturated carbocycles. The van der Waals surface area contributed by atoms with Gasteiger partial charge in [-0.15, -0.1) is 0 Å². The van der Waals surface area contributed by atoms with E-state index in [1.807, 2.05) is 0 Å². The SMILES string of the molecule is N=Cc1cnc2ccon12. The monoisotopic (exact) mass is 135 g/mol. The average Bonchev–Trinajstić information content (AvgIpc) is 2.44. The Morgan fingerprint density at radius 2 is 2.60 bits per heavy atom. The first-order valence-electron chi connectivity index (χ1n) is 2.84. The normalized spacial score (nSPS) is 10.4. The van der Waals surface area contributed by atoms with Crippen molar-refractivity contribution in [2.45, 2.75) is 0 Å². The van der Waals surface area contributed by atoms with Crippen LogP contribution in [0.4, 0.5) is 0 Å². The van der Waals surface area contributed by atoms with Crippen LogP contribution in [-0.2, 0) is 0 Å². The molecular weight excluding hydrogens is 130 g/mol. The molecule has 10 heavy (non-hydrogen) atoms. The van der Waals surface area contributed by atoms with Crippen LogP contribution in [0.5, 0.6) is 0 Å². The molecule has 0 saturated heterocycles. The predicted octanol–water partition coefficient (Wildman–Crippen LogP) is 0.925. The van der Waals surface area contributed by atoms with Gasteiger partial charge in [-0.3, -0.25) is 0 Å². The third-order valence-corrected chi connectivity index (χ3v) is 1.30. The van der Waals surface area contributed by atoms with E-state index in [0.29, 0.717) is 5.69 Å². The van der Waals surface area contributed by atoms with E-state index in [-0.39, 0.29) is 0 Å². The molecule has 0 fully saturated rings. The first kappa shape index (κ1) is 5.22.